The van der Waals surface area contributed by atoms with E-state index in [-0.39, 0.29) is 6.61 Å². The number of carbonyl (C=O) groups is 1. The summed E-state index contributed by atoms with van der Waals surface area (Å²) in [6.07, 6.45) is 1.10. The molecule has 0 heterocycles. The van der Waals surface area contributed by atoms with Crippen LogP contribution in [0.3, 0.4) is 0 Å². The third-order valence-corrected chi connectivity index (χ3v) is 3.75. The minimum absolute atomic E-state index is 0.252. The Balaban J connectivity index is 1.89. The van der Waals surface area contributed by atoms with Crippen molar-refractivity contribution < 1.29 is 14.7 Å². The molecule has 0 bridgehead atoms. The van der Waals surface area contributed by atoms with Gasteiger partial charge in [0, 0.05) is 12.7 Å². The molecule has 1 amide bonds. The van der Waals surface area contributed by atoms with Crippen molar-refractivity contribution in [2.75, 3.05) is 11.9 Å². The van der Waals surface area contributed by atoms with Crippen LogP contribution in [-0.4, -0.2) is 24.1 Å². The molecule has 0 aliphatic rings. The second-order valence-electron chi connectivity index (χ2n) is 5.60. The number of nitrogens with zero attached hydrogens (tertiary/aromatic N) is 2. The summed E-state index contributed by atoms with van der Waals surface area (Å²) in [7, 11) is 1.69. The lowest BCUT2D eigenvalue weighted by Gasteiger charge is -2.17. The normalized spacial score (nSPS) is 11.2. The Labute approximate surface area is 142 Å². The third-order valence-electron chi connectivity index (χ3n) is 3.75. The summed E-state index contributed by atoms with van der Waals surface area (Å²) in [5, 5.41) is 11.8. The lowest BCUT2D eigenvalue weighted by atomic mass is 10.1. The second kappa shape index (κ2) is 8.72. The van der Waals surface area contributed by atoms with E-state index in [0.29, 0.717) is 12.1 Å². The molecular formula is C19H22N2O3. The number of amides is 1. The van der Waals surface area contributed by atoms with E-state index in [0.717, 1.165) is 23.2 Å². The van der Waals surface area contributed by atoms with Crippen molar-refractivity contribution in [1.82, 2.24) is 0 Å². The van der Waals surface area contributed by atoms with Gasteiger partial charge in [-0.05, 0) is 43.0 Å². The molecule has 0 aliphatic carbocycles. The van der Waals surface area contributed by atoms with Crippen LogP contribution in [0.1, 0.15) is 24.5 Å². The molecule has 5 heteroatoms. The number of hydrogen-bond donors (Lipinski definition) is 1. The van der Waals surface area contributed by atoms with Crippen LogP contribution >= 0.6 is 0 Å². The average Bonchev–Trinajstić information content (AvgIpc) is 2.64. The van der Waals surface area contributed by atoms with Crippen molar-refractivity contribution in [2.45, 2.75) is 26.4 Å². The van der Waals surface area contributed by atoms with Gasteiger partial charge in [-0.1, -0.05) is 47.6 Å². The number of anilines is 1. The van der Waals surface area contributed by atoms with Crippen LogP contribution < -0.4 is 4.90 Å². The van der Waals surface area contributed by atoms with Crippen molar-refractivity contribution in [3.05, 3.63) is 65.7 Å². The fraction of sp³-hybridized carbons (Fsp3) is 0.263. The van der Waals surface area contributed by atoms with Crippen molar-refractivity contribution in [3.8, 4) is 0 Å². The van der Waals surface area contributed by atoms with E-state index in [9.17, 15) is 4.79 Å². The summed E-state index contributed by atoms with van der Waals surface area (Å²) < 4.78 is 5.31. The maximum Gasteiger partial charge on any atom is 0.414 e. The SMILES string of the molecule is C/C(CCc1ccc(N(C)C(=O)OCc2ccccc2)cc1)=N\O. The molecule has 0 radical (unpaired) electrons. The molecule has 2 aromatic carbocycles. The van der Waals surface area contributed by atoms with E-state index in [4.69, 9.17) is 9.94 Å². The van der Waals surface area contributed by atoms with E-state index in [1.54, 1.807) is 14.0 Å². The summed E-state index contributed by atoms with van der Waals surface area (Å²) in [6.45, 7) is 2.03. The number of benzene rings is 2. The van der Waals surface area contributed by atoms with E-state index in [1.807, 2.05) is 54.6 Å². The highest BCUT2D eigenvalue weighted by Crippen LogP contribution is 2.16. The van der Waals surface area contributed by atoms with Gasteiger partial charge in [-0.3, -0.25) is 4.90 Å². The number of oxime groups is 1. The molecule has 0 aliphatic heterocycles. The summed E-state index contributed by atoms with van der Waals surface area (Å²) >= 11 is 0. The highest BCUT2D eigenvalue weighted by molar-refractivity contribution is 5.87. The third kappa shape index (κ3) is 5.12. The van der Waals surface area contributed by atoms with Crippen molar-refractivity contribution in [2.24, 2.45) is 5.16 Å². The number of rotatable bonds is 6. The molecule has 0 saturated carbocycles. The van der Waals surface area contributed by atoms with Crippen LogP contribution in [0.4, 0.5) is 10.5 Å². The lowest BCUT2D eigenvalue weighted by Crippen LogP contribution is -2.26. The van der Waals surface area contributed by atoms with Gasteiger partial charge >= 0.3 is 6.09 Å². The predicted octanol–water partition coefficient (Wildman–Crippen LogP) is 4.24. The molecule has 126 valence electrons. The van der Waals surface area contributed by atoms with Crippen molar-refractivity contribution >= 4 is 17.5 Å². The van der Waals surface area contributed by atoms with Gasteiger partial charge in [0.05, 0.1) is 5.71 Å². The van der Waals surface area contributed by atoms with E-state index in [1.165, 1.54) is 4.90 Å². The van der Waals surface area contributed by atoms with E-state index >= 15 is 0 Å². The van der Waals surface area contributed by atoms with Gasteiger partial charge in [-0.25, -0.2) is 4.79 Å². The first-order valence-electron chi connectivity index (χ1n) is 7.81. The van der Waals surface area contributed by atoms with Crippen LogP contribution in [0.25, 0.3) is 0 Å². The molecule has 2 rings (SSSR count). The van der Waals surface area contributed by atoms with Crippen LogP contribution in [0.15, 0.2) is 59.8 Å². The number of aryl methyl sites for hydroxylation is 1. The minimum atomic E-state index is -0.394. The minimum Gasteiger partial charge on any atom is -0.444 e. The van der Waals surface area contributed by atoms with E-state index in [2.05, 4.69) is 5.16 Å². The topological polar surface area (TPSA) is 62.1 Å². The first kappa shape index (κ1) is 17.5. The van der Waals surface area contributed by atoms with Crippen molar-refractivity contribution in [3.63, 3.8) is 0 Å². The van der Waals surface area contributed by atoms with Crippen LogP contribution in [-0.2, 0) is 17.8 Å². The van der Waals surface area contributed by atoms with Gasteiger partial charge in [-0.15, -0.1) is 0 Å². The maximum absolute atomic E-state index is 12.1. The van der Waals surface area contributed by atoms with Gasteiger partial charge in [-0.2, -0.15) is 0 Å². The maximum atomic E-state index is 12.1. The van der Waals surface area contributed by atoms with Crippen LogP contribution in [0, 0.1) is 0 Å². The molecule has 0 unspecified atom stereocenters. The fourth-order valence-electron chi connectivity index (χ4n) is 2.18. The van der Waals surface area contributed by atoms with Gasteiger partial charge < -0.3 is 9.94 Å². The largest absolute Gasteiger partial charge is 0.444 e. The molecule has 1 N–H and O–H groups in total. The standard InChI is InChI=1S/C19H22N2O3/c1-15(20-23)8-9-16-10-12-18(13-11-16)21(2)19(22)24-14-17-6-4-3-5-7-17/h3-7,10-13,23H,8-9,14H2,1-2H3/b20-15+. The Morgan fingerprint density at radius 1 is 1.08 bits per heavy atom. The molecule has 0 aromatic heterocycles. The molecule has 24 heavy (non-hydrogen) atoms. The Kier molecular flexibility index (Phi) is 6.37. The second-order valence-corrected chi connectivity index (χ2v) is 5.60. The fourth-order valence-corrected chi connectivity index (χ4v) is 2.18. The van der Waals surface area contributed by atoms with Gasteiger partial charge in [0.15, 0.2) is 0 Å². The molecule has 2 aromatic rings. The Bertz CT molecular complexity index is 682. The summed E-state index contributed by atoms with van der Waals surface area (Å²) in [4.78, 5) is 13.6. The summed E-state index contributed by atoms with van der Waals surface area (Å²) in [6, 6.07) is 17.3. The Hall–Kier alpha value is -2.82. The number of hydrogen-bond acceptors (Lipinski definition) is 4. The summed E-state index contributed by atoms with van der Waals surface area (Å²) in [5.41, 5.74) is 3.54. The zero-order chi connectivity index (χ0) is 17.4. The first-order valence-corrected chi connectivity index (χ1v) is 7.81. The first-order chi connectivity index (χ1) is 11.6. The molecular weight excluding hydrogens is 304 g/mol. The average molecular weight is 326 g/mol. The van der Waals surface area contributed by atoms with E-state index < -0.39 is 6.09 Å². The molecule has 5 nitrogen and oxygen atoms in total. The molecule has 0 saturated heterocycles. The quantitative estimate of drug-likeness (QED) is 0.490. The number of carbonyl (C=O) groups excluding carboxylic acids is 1. The highest BCUT2D eigenvalue weighted by atomic mass is 16.6. The van der Waals surface area contributed by atoms with Gasteiger partial charge in [0.2, 0.25) is 0 Å². The van der Waals surface area contributed by atoms with Crippen LogP contribution in [0.5, 0.6) is 0 Å². The molecule has 0 fully saturated rings. The summed E-state index contributed by atoms with van der Waals surface area (Å²) in [5.74, 6) is 0. The van der Waals surface area contributed by atoms with Gasteiger partial charge in [0.25, 0.3) is 0 Å². The monoisotopic (exact) mass is 326 g/mol. The smallest absolute Gasteiger partial charge is 0.414 e. The zero-order valence-corrected chi connectivity index (χ0v) is 14.0. The highest BCUT2D eigenvalue weighted by Gasteiger charge is 2.12. The molecule has 0 atom stereocenters. The number of ether oxygens (including phenoxy) is 1. The zero-order valence-electron chi connectivity index (χ0n) is 14.0. The van der Waals surface area contributed by atoms with Crippen LogP contribution in [0.2, 0.25) is 0 Å². The Morgan fingerprint density at radius 3 is 2.38 bits per heavy atom. The predicted molar refractivity (Wildman–Crippen MR) is 94.7 cm³/mol. The molecule has 0 spiro atoms. The van der Waals surface area contributed by atoms with Gasteiger partial charge in [0.1, 0.15) is 6.61 Å². The Morgan fingerprint density at radius 2 is 1.75 bits per heavy atom. The van der Waals surface area contributed by atoms with Crippen molar-refractivity contribution in [1.29, 1.82) is 0 Å². The lowest BCUT2D eigenvalue weighted by molar-refractivity contribution is 0.148.